The zero-order valence-corrected chi connectivity index (χ0v) is 11.8. The zero-order chi connectivity index (χ0) is 13.2. The number of nitrogens with zero attached hydrogens (tertiary/aromatic N) is 1. The highest BCUT2D eigenvalue weighted by Crippen LogP contribution is 2.28. The summed E-state index contributed by atoms with van der Waals surface area (Å²) in [5, 5.41) is 10.0. The van der Waals surface area contributed by atoms with Crippen molar-refractivity contribution in [3.05, 3.63) is 35.4 Å². The molecule has 0 atom stereocenters. The summed E-state index contributed by atoms with van der Waals surface area (Å²) in [5.41, 5.74) is 2.21. The minimum Gasteiger partial charge on any atom is -0.390 e. The van der Waals surface area contributed by atoms with Gasteiger partial charge < -0.3 is 5.11 Å². The molecule has 1 aromatic carbocycles. The molecule has 2 heteroatoms. The number of aliphatic hydroxyl groups is 1. The molecule has 1 N–H and O–H groups in total. The Morgan fingerprint density at radius 3 is 2.50 bits per heavy atom. The predicted molar refractivity (Wildman–Crippen MR) is 75.5 cm³/mol. The van der Waals surface area contributed by atoms with Crippen molar-refractivity contribution in [2.24, 2.45) is 5.92 Å². The van der Waals surface area contributed by atoms with Gasteiger partial charge in [0.15, 0.2) is 0 Å². The molecule has 100 valence electrons. The Morgan fingerprint density at radius 2 is 1.94 bits per heavy atom. The Hall–Kier alpha value is -0.860. The van der Waals surface area contributed by atoms with Gasteiger partial charge in [-0.1, -0.05) is 29.8 Å². The topological polar surface area (TPSA) is 23.5 Å². The van der Waals surface area contributed by atoms with Crippen molar-refractivity contribution in [2.45, 2.75) is 45.8 Å². The third kappa shape index (κ3) is 3.56. The average Bonchev–Trinajstić information content (AvgIpc) is 2.28. The second-order valence-electron chi connectivity index (χ2n) is 6.19. The van der Waals surface area contributed by atoms with Crippen molar-refractivity contribution in [3.63, 3.8) is 0 Å². The molecule has 0 radical (unpaired) electrons. The van der Waals surface area contributed by atoms with Crippen LogP contribution in [0.5, 0.6) is 0 Å². The van der Waals surface area contributed by atoms with Gasteiger partial charge in [0.05, 0.1) is 5.60 Å². The first-order valence-electron chi connectivity index (χ1n) is 6.95. The van der Waals surface area contributed by atoms with Gasteiger partial charge in [0.2, 0.25) is 0 Å². The maximum atomic E-state index is 10.0. The van der Waals surface area contributed by atoms with Crippen molar-refractivity contribution in [1.29, 1.82) is 0 Å². The summed E-state index contributed by atoms with van der Waals surface area (Å²) in [4.78, 5) is 2.50. The first-order chi connectivity index (χ1) is 8.45. The normalized spacial score (nSPS) is 19.1. The number of likely N-dealkylation sites (tertiary alicyclic amines) is 1. The van der Waals surface area contributed by atoms with Gasteiger partial charge >= 0.3 is 0 Å². The van der Waals surface area contributed by atoms with E-state index in [2.05, 4.69) is 36.1 Å². The van der Waals surface area contributed by atoms with E-state index in [1.807, 2.05) is 13.8 Å². The molecule has 0 saturated carbocycles. The fraction of sp³-hybridized carbons (Fsp3) is 0.625. The molecule has 1 heterocycles. The largest absolute Gasteiger partial charge is 0.390 e. The molecule has 1 aliphatic rings. The highest BCUT2D eigenvalue weighted by Gasteiger charge is 2.30. The molecule has 1 fully saturated rings. The summed E-state index contributed by atoms with van der Waals surface area (Å²) >= 11 is 0. The molecule has 1 aliphatic heterocycles. The molecule has 0 unspecified atom stereocenters. The smallest absolute Gasteiger partial charge is 0.0620 e. The molecule has 1 saturated heterocycles. The highest BCUT2D eigenvalue weighted by atomic mass is 16.3. The predicted octanol–water partition coefficient (Wildman–Crippen LogP) is 2.98. The van der Waals surface area contributed by atoms with Crippen LogP contribution in [0.15, 0.2) is 24.3 Å². The monoisotopic (exact) mass is 247 g/mol. The zero-order valence-electron chi connectivity index (χ0n) is 11.8. The molecule has 2 rings (SSSR count). The lowest BCUT2D eigenvalue weighted by Crippen LogP contribution is -2.41. The van der Waals surface area contributed by atoms with Crippen LogP contribution in [-0.2, 0) is 6.54 Å². The number of piperidine rings is 1. The van der Waals surface area contributed by atoms with Gasteiger partial charge in [-0.05, 0) is 58.2 Å². The average molecular weight is 247 g/mol. The molecular weight excluding hydrogens is 222 g/mol. The Balaban J connectivity index is 1.87. The quantitative estimate of drug-likeness (QED) is 0.887. The molecule has 18 heavy (non-hydrogen) atoms. The van der Waals surface area contributed by atoms with E-state index in [9.17, 15) is 5.11 Å². The molecule has 0 spiro atoms. The van der Waals surface area contributed by atoms with Crippen LogP contribution in [0.3, 0.4) is 0 Å². The van der Waals surface area contributed by atoms with Crippen LogP contribution in [0.2, 0.25) is 0 Å². The van der Waals surface area contributed by atoms with Crippen LogP contribution in [-0.4, -0.2) is 28.7 Å². The van der Waals surface area contributed by atoms with Gasteiger partial charge in [0.1, 0.15) is 0 Å². The summed E-state index contributed by atoms with van der Waals surface area (Å²) < 4.78 is 0. The van der Waals surface area contributed by atoms with Crippen molar-refractivity contribution in [3.8, 4) is 0 Å². The van der Waals surface area contributed by atoms with Crippen LogP contribution in [0.4, 0.5) is 0 Å². The number of hydrogen-bond acceptors (Lipinski definition) is 2. The fourth-order valence-electron chi connectivity index (χ4n) is 2.87. The summed E-state index contributed by atoms with van der Waals surface area (Å²) in [6.45, 7) is 9.26. The van der Waals surface area contributed by atoms with Crippen LogP contribution in [0.25, 0.3) is 0 Å². The molecule has 1 aromatic rings. The minimum absolute atomic E-state index is 0.450. The Morgan fingerprint density at radius 1 is 1.28 bits per heavy atom. The van der Waals surface area contributed by atoms with Crippen molar-refractivity contribution >= 4 is 0 Å². The standard InChI is InChI=1S/C16H25NO/c1-13-5-4-6-14(11-13)12-17-9-7-15(8-10-17)16(2,3)18/h4-6,11,15,18H,7-10,12H2,1-3H3. The number of hydrogen-bond donors (Lipinski definition) is 1. The van der Waals surface area contributed by atoms with E-state index < -0.39 is 5.60 Å². The van der Waals surface area contributed by atoms with Gasteiger partial charge in [-0.15, -0.1) is 0 Å². The second kappa shape index (κ2) is 5.41. The number of benzene rings is 1. The summed E-state index contributed by atoms with van der Waals surface area (Å²) in [7, 11) is 0. The van der Waals surface area contributed by atoms with Crippen molar-refractivity contribution in [2.75, 3.05) is 13.1 Å². The highest BCUT2D eigenvalue weighted by molar-refractivity contribution is 5.22. The molecule has 0 aliphatic carbocycles. The van der Waals surface area contributed by atoms with Gasteiger partial charge in [-0.3, -0.25) is 4.90 Å². The molecule has 0 bridgehead atoms. The van der Waals surface area contributed by atoms with Crippen LogP contribution in [0.1, 0.15) is 37.8 Å². The number of rotatable bonds is 3. The fourth-order valence-corrected chi connectivity index (χ4v) is 2.87. The van der Waals surface area contributed by atoms with E-state index in [4.69, 9.17) is 0 Å². The first-order valence-corrected chi connectivity index (χ1v) is 6.95. The van der Waals surface area contributed by atoms with Gasteiger partial charge in [0, 0.05) is 6.54 Å². The SMILES string of the molecule is Cc1cccc(CN2CCC(C(C)(C)O)CC2)c1. The van der Waals surface area contributed by atoms with Crippen molar-refractivity contribution < 1.29 is 5.11 Å². The van der Waals surface area contributed by atoms with E-state index in [0.717, 1.165) is 32.5 Å². The summed E-state index contributed by atoms with van der Waals surface area (Å²) in [6, 6.07) is 8.75. The Bertz CT molecular complexity index is 386. The lowest BCUT2D eigenvalue weighted by atomic mass is 9.83. The molecule has 0 amide bonds. The van der Waals surface area contributed by atoms with Crippen LogP contribution < -0.4 is 0 Å². The molecular formula is C16H25NO. The maximum Gasteiger partial charge on any atom is 0.0620 e. The number of aryl methyl sites for hydroxylation is 1. The van der Waals surface area contributed by atoms with Crippen LogP contribution >= 0.6 is 0 Å². The van der Waals surface area contributed by atoms with Crippen LogP contribution in [0, 0.1) is 12.8 Å². The Labute approximate surface area is 111 Å². The Kier molecular flexibility index (Phi) is 4.08. The van der Waals surface area contributed by atoms with E-state index in [0.29, 0.717) is 5.92 Å². The third-order valence-corrected chi connectivity index (χ3v) is 4.08. The van der Waals surface area contributed by atoms with Gasteiger partial charge in [0.25, 0.3) is 0 Å². The summed E-state index contributed by atoms with van der Waals surface area (Å²) in [6.07, 6.45) is 2.21. The van der Waals surface area contributed by atoms with E-state index >= 15 is 0 Å². The van der Waals surface area contributed by atoms with Gasteiger partial charge in [-0.2, -0.15) is 0 Å². The maximum absolute atomic E-state index is 10.0. The van der Waals surface area contributed by atoms with E-state index in [1.54, 1.807) is 0 Å². The third-order valence-electron chi connectivity index (χ3n) is 4.08. The van der Waals surface area contributed by atoms with E-state index in [-0.39, 0.29) is 0 Å². The lowest BCUT2D eigenvalue weighted by molar-refractivity contribution is -0.0136. The molecule has 0 aromatic heterocycles. The van der Waals surface area contributed by atoms with Gasteiger partial charge in [-0.25, -0.2) is 0 Å². The lowest BCUT2D eigenvalue weighted by Gasteiger charge is -2.37. The first kappa shape index (κ1) is 13.6. The van der Waals surface area contributed by atoms with Crippen molar-refractivity contribution in [1.82, 2.24) is 4.90 Å². The minimum atomic E-state index is -0.518. The molecule has 2 nitrogen and oxygen atoms in total. The van der Waals surface area contributed by atoms with E-state index in [1.165, 1.54) is 11.1 Å². The summed E-state index contributed by atoms with van der Waals surface area (Å²) in [5.74, 6) is 0.450. The second-order valence-corrected chi connectivity index (χ2v) is 6.19.